The SMILES string of the molecule is O=C(c1ccc(F)cc1Cl)N1C[C@@H]2CC[C@H](C1)N(CC1CCC1)C2=O. The zero-order valence-corrected chi connectivity index (χ0v) is 14.8. The minimum atomic E-state index is -0.459. The van der Waals surface area contributed by atoms with Gasteiger partial charge in [-0.25, -0.2) is 4.39 Å². The summed E-state index contributed by atoms with van der Waals surface area (Å²) >= 11 is 6.06. The molecule has 134 valence electrons. The van der Waals surface area contributed by atoms with Crippen LogP contribution in [-0.4, -0.2) is 47.3 Å². The molecule has 25 heavy (non-hydrogen) atoms. The molecule has 1 aliphatic carbocycles. The van der Waals surface area contributed by atoms with Gasteiger partial charge in [-0.15, -0.1) is 0 Å². The average Bonchev–Trinajstić information content (AvgIpc) is 2.82. The van der Waals surface area contributed by atoms with Crippen LogP contribution < -0.4 is 0 Å². The van der Waals surface area contributed by atoms with E-state index in [1.165, 1.54) is 31.4 Å². The first-order valence-corrected chi connectivity index (χ1v) is 9.45. The molecule has 0 N–H and O–H groups in total. The molecule has 1 aromatic carbocycles. The molecule has 0 unspecified atom stereocenters. The number of amides is 2. The van der Waals surface area contributed by atoms with E-state index >= 15 is 0 Å². The predicted octanol–water partition coefficient (Wildman–Crippen LogP) is 3.34. The Morgan fingerprint density at radius 1 is 1.20 bits per heavy atom. The van der Waals surface area contributed by atoms with E-state index in [2.05, 4.69) is 0 Å². The molecule has 1 aromatic rings. The Balaban J connectivity index is 1.54. The number of nitrogens with zero attached hydrogens (tertiary/aromatic N) is 2. The highest BCUT2D eigenvalue weighted by Crippen LogP contribution is 2.34. The van der Waals surface area contributed by atoms with Crippen molar-refractivity contribution in [1.29, 1.82) is 0 Å². The zero-order chi connectivity index (χ0) is 17.6. The minimum absolute atomic E-state index is 0.0926. The maximum atomic E-state index is 13.3. The second kappa shape index (κ2) is 6.60. The first-order valence-electron chi connectivity index (χ1n) is 9.07. The lowest BCUT2D eigenvalue weighted by molar-refractivity contribution is -0.141. The Bertz CT molecular complexity index is 707. The summed E-state index contributed by atoms with van der Waals surface area (Å²) in [5, 5.41) is 0.124. The molecule has 6 heteroatoms. The Morgan fingerprint density at radius 3 is 2.68 bits per heavy atom. The highest BCUT2D eigenvalue weighted by atomic mass is 35.5. The molecule has 2 atom stereocenters. The topological polar surface area (TPSA) is 40.6 Å². The Morgan fingerprint density at radius 2 is 2.00 bits per heavy atom. The first-order chi connectivity index (χ1) is 12.0. The van der Waals surface area contributed by atoms with Crippen molar-refractivity contribution in [2.45, 2.75) is 38.1 Å². The fourth-order valence-corrected chi connectivity index (χ4v) is 4.48. The number of carbonyl (C=O) groups excluding carboxylic acids is 2. The van der Waals surface area contributed by atoms with E-state index < -0.39 is 5.82 Å². The van der Waals surface area contributed by atoms with Crippen molar-refractivity contribution in [2.75, 3.05) is 19.6 Å². The molecule has 4 fully saturated rings. The van der Waals surface area contributed by atoms with Crippen molar-refractivity contribution in [3.05, 3.63) is 34.6 Å². The van der Waals surface area contributed by atoms with E-state index in [9.17, 15) is 14.0 Å². The number of piperidine rings is 1. The molecule has 2 bridgehead atoms. The Hall–Kier alpha value is -1.62. The third-order valence-electron chi connectivity index (χ3n) is 5.92. The molecule has 3 saturated heterocycles. The van der Waals surface area contributed by atoms with Crippen LogP contribution in [0.1, 0.15) is 42.5 Å². The summed E-state index contributed by atoms with van der Waals surface area (Å²) in [4.78, 5) is 29.5. The Labute approximate surface area is 151 Å². The zero-order valence-electron chi connectivity index (χ0n) is 14.1. The van der Waals surface area contributed by atoms with Crippen LogP contribution in [0.15, 0.2) is 18.2 Å². The maximum Gasteiger partial charge on any atom is 0.255 e. The maximum absolute atomic E-state index is 13.3. The number of hydrogen-bond acceptors (Lipinski definition) is 2. The summed E-state index contributed by atoms with van der Waals surface area (Å²) < 4.78 is 13.3. The van der Waals surface area contributed by atoms with Gasteiger partial charge in [0.05, 0.1) is 16.5 Å². The van der Waals surface area contributed by atoms with Gasteiger partial charge in [0.15, 0.2) is 0 Å². The second-order valence-electron chi connectivity index (χ2n) is 7.55. The lowest BCUT2D eigenvalue weighted by Crippen LogP contribution is -2.50. The smallest absolute Gasteiger partial charge is 0.255 e. The van der Waals surface area contributed by atoms with Gasteiger partial charge in [-0.2, -0.15) is 0 Å². The van der Waals surface area contributed by atoms with Gasteiger partial charge >= 0.3 is 0 Å². The first kappa shape index (κ1) is 16.8. The van der Waals surface area contributed by atoms with Crippen LogP contribution in [0.2, 0.25) is 5.02 Å². The van der Waals surface area contributed by atoms with Crippen LogP contribution in [0.25, 0.3) is 0 Å². The van der Waals surface area contributed by atoms with Gasteiger partial charge in [-0.3, -0.25) is 9.59 Å². The van der Waals surface area contributed by atoms with E-state index in [4.69, 9.17) is 11.6 Å². The fraction of sp³-hybridized carbons (Fsp3) is 0.579. The fourth-order valence-electron chi connectivity index (χ4n) is 4.23. The van der Waals surface area contributed by atoms with Crippen molar-refractivity contribution in [2.24, 2.45) is 11.8 Å². The molecule has 0 aromatic heterocycles. The standard InChI is InChI=1S/C19H22ClFN2O2/c20-17-8-14(21)5-7-16(17)19(25)22-10-13-4-6-15(11-22)23(18(13)24)9-12-2-1-3-12/h5,7-8,12-13,15H,1-4,6,9-11H2/t13-,15+/m0/s1. The van der Waals surface area contributed by atoms with E-state index in [-0.39, 0.29) is 28.8 Å². The molecule has 2 amide bonds. The molecule has 3 aliphatic heterocycles. The minimum Gasteiger partial charge on any atom is -0.337 e. The van der Waals surface area contributed by atoms with Gasteiger partial charge in [0.1, 0.15) is 5.82 Å². The molecule has 4 nitrogen and oxygen atoms in total. The monoisotopic (exact) mass is 364 g/mol. The van der Waals surface area contributed by atoms with Crippen molar-refractivity contribution >= 4 is 23.4 Å². The largest absolute Gasteiger partial charge is 0.337 e. The van der Waals surface area contributed by atoms with Crippen LogP contribution in [0.4, 0.5) is 4.39 Å². The predicted molar refractivity (Wildman–Crippen MR) is 92.9 cm³/mol. The highest BCUT2D eigenvalue weighted by Gasteiger charge is 2.43. The van der Waals surface area contributed by atoms with E-state index in [1.54, 1.807) is 4.90 Å². The summed E-state index contributed by atoms with van der Waals surface area (Å²) in [6, 6.07) is 3.94. The van der Waals surface area contributed by atoms with Gasteiger partial charge < -0.3 is 9.80 Å². The van der Waals surface area contributed by atoms with Gasteiger partial charge in [0.2, 0.25) is 5.91 Å². The summed E-state index contributed by atoms with van der Waals surface area (Å²) in [5.74, 6) is 0.0316. The summed E-state index contributed by atoms with van der Waals surface area (Å²) in [7, 11) is 0. The van der Waals surface area contributed by atoms with Crippen molar-refractivity contribution in [1.82, 2.24) is 9.80 Å². The van der Waals surface area contributed by atoms with Crippen LogP contribution in [0, 0.1) is 17.7 Å². The molecule has 3 heterocycles. The van der Waals surface area contributed by atoms with Crippen LogP contribution in [0.3, 0.4) is 0 Å². The number of rotatable bonds is 3. The lowest BCUT2D eigenvalue weighted by Gasteiger charge is -2.40. The van der Waals surface area contributed by atoms with Crippen LogP contribution >= 0.6 is 11.6 Å². The van der Waals surface area contributed by atoms with Gasteiger partial charge in [-0.05, 0) is 49.8 Å². The average molecular weight is 365 g/mol. The van der Waals surface area contributed by atoms with Crippen LogP contribution in [0.5, 0.6) is 0 Å². The van der Waals surface area contributed by atoms with E-state index in [0.29, 0.717) is 24.6 Å². The number of halogens is 2. The number of carbonyl (C=O) groups is 2. The summed E-state index contributed by atoms with van der Waals surface area (Å²) in [6.07, 6.45) is 5.45. The molecule has 4 aliphatic rings. The number of benzene rings is 1. The number of hydrogen-bond donors (Lipinski definition) is 0. The third kappa shape index (κ3) is 3.14. The van der Waals surface area contributed by atoms with Crippen molar-refractivity contribution < 1.29 is 14.0 Å². The van der Waals surface area contributed by atoms with Gasteiger partial charge in [-0.1, -0.05) is 18.0 Å². The quantitative estimate of drug-likeness (QED) is 0.825. The molecule has 0 radical (unpaired) electrons. The number of fused-ring (bicyclic) bond motifs is 4. The van der Waals surface area contributed by atoms with E-state index in [1.807, 2.05) is 4.90 Å². The van der Waals surface area contributed by atoms with Crippen molar-refractivity contribution in [3.8, 4) is 0 Å². The van der Waals surface area contributed by atoms with Crippen molar-refractivity contribution in [3.63, 3.8) is 0 Å². The molecule has 1 saturated carbocycles. The molecule has 5 rings (SSSR count). The summed E-state index contributed by atoms with van der Waals surface area (Å²) in [6.45, 7) is 1.81. The van der Waals surface area contributed by atoms with E-state index in [0.717, 1.165) is 25.5 Å². The van der Waals surface area contributed by atoms with Crippen LogP contribution in [-0.2, 0) is 4.79 Å². The normalized spacial score (nSPS) is 26.6. The molecular formula is C19H22ClFN2O2. The highest BCUT2D eigenvalue weighted by molar-refractivity contribution is 6.33. The molecular weight excluding hydrogens is 343 g/mol. The molecule has 0 spiro atoms. The summed E-state index contributed by atoms with van der Waals surface area (Å²) in [5.41, 5.74) is 0.308. The lowest BCUT2D eigenvalue weighted by atomic mass is 9.83. The third-order valence-corrected chi connectivity index (χ3v) is 6.23. The van der Waals surface area contributed by atoms with Gasteiger partial charge in [0.25, 0.3) is 5.91 Å². The second-order valence-corrected chi connectivity index (χ2v) is 7.96. The van der Waals surface area contributed by atoms with Gasteiger partial charge in [0, 0.05) is 25.7 Å². The Kier molecular flexibility index (Phi) is 4.44.